The Kier molecular flexibility index (Phi) is 24.2. The van der Waals surface area contributed by atoms with Gasteiger partial charge in [0.05, 0.1) is 13.2 Å². The number of aliphatic carboxylic acids is 1. The number of aliphatic hydroxyl groups is 1. The highest BCUT2D eigenvalue weighted by molar-refractivity contribution is 5.71. The molecule has 0 fully saturated rings. The Morgan fingerprint density at radius 3 is 1.62 bits per heavy atom. The molecule has 0 aliphatic carbocycles. The van der Waals surface area contributed by atoms with Gasteiger partial charge in [0.25, 0.3) is 0 Å². The topological polar surface area (TPSA) is 110 Å². The van der Waals surface area contributed by atoms with Crippen LogP contribution in [0.4, 0.5) is 0 Å². The summed E-state index contributed by atoms with van der Waals surface area (Å²) in [5, 5.41) is 15.8. The highest BCUT2D eigenvalue weighted by Crippen LogP contribution is 1.93. The molecule has 0 aromatic rings. The second-order valence-electron chi connectivity index (χ2n) is 5.03. The van der Waals surface area contributed by atoms with Gasteiger partial charge >= 0.3 is 17.9 Å². The number of aliphatic hydroxyl groups excluding tert-OH is 1. The van der Waals surface area contributed by atoms with E-state index in [0.717, 1.165) is 32.1 Å². The Morgan fingerprint density at radius 2 is 1.33 bits per heavy atom. The van der Waals surface area contributed by atoms with E-state index in [2.05, 4.69) is 18.6 Å². The van der Waals surface area contributed by atoms with Gasteiger partial charge in [-0.25, -0.2) is 4.79 Å². The molecular formula is C17H34O7. The lowest BCUT2D eigenvalue weighted by Gasteiger charge is -2.00. The SMILES string of the molecule is CC(O)C(=O)O.CCCCOC(=O)CCC.CCCCOC(C)=O. The molecule has 0 bridgehead atoms. The zero-order valence-electron chi connectivity index (χ0n) is 15.7. The first-order valence-corrected chi connectivity index (χ1v) is 8.42. The molecule has 7 nitrogen and oxygen atoms in total. The molecule has 0 saturated heterocycles. The predicted molar refractivity (Wildman–Crippen MR) is 91.6 cm³/mol. The summed E-state index contributed by atoms with van der Waals surface area (Å²) < 4.78 is 9.53. The molecule has 0 saturated carbocycles. The summed E-state index contributed by atoms with van der Waals surface area (Å²) >= 11 is 0. The number of unbranched alkanes of at least 4 members (excludes halogenated alkanes) is 2. The Balaban J connectivity index is -0.000000285. The van der Waals surface area contributed by atoms with Gasteiger partial charge in [-0.15, -0.1) is 0 Å². The van der Waals surface area contributed by atoms with Gasteiger partial charge in [0, 0.05) is 13.3 Å². The molecule has 144 valence electrons. The van der Waals surface area contributed by atoms with Crippen LogP contribution in [0.25, 0.3) is 0 Å². The fraction of sp³-hybridized carbons (Fsp3) is 0.824. The van der Waals surface area contributed by atoms with Gasteiger partial charge in [0.2, 0.25) is 0 Å². The van der Waals surface area contributed by atoms with Crippen molar-refractivity contribution in [1.82, 2.24) is 0 Å². The average Bonchev–Trinajstić information content (AvgIpc) is 2.49. The van der Waals surface area contributed by atoms with Gasteiger partial charge in [0.15, 0.2) is 0 Å². The van der Waals surface area contributed by atoms with Crippen molar-refractivity contribution in [1.29, 1.82) is 0 Å². The molecule has 1 atom stereocenters. The summed E-state index contributed by atoms with van der Waals surface area (Å²) in [7, 11) is 0. The minimum atomic E-state index is -1.23. The number of rotatable bonds is 9. The number of hydrogen-bond donors (Lipinski definition) is 2. The van der Waals surface area contributed by atoms with E-state index in [1.165, 1.54) is 13.8 Å². The molecule has 0 aromatic heterocycles. The summed E-state index contributed by atoms with van der Waals surface area (Å²) in [5.41, 5.74) is 0. The van der Waals surface area contributed by atoms with E-state index in [0.29, 0.717) is 19.6 Å². The van der Waals surface area contributed by atoms with Crippen molar-refractivity contribution in [3.05, 3.63) is 0 Å². The monoisotopic (exact) mass is 350 g/mol. The maximum Gasteiger partial charge on any atom is 0.332 e. The van der Waals surface area contributed by atoms with Crippen LogP contribution in [0, 0.1) is 0 Å². The van der Waals surface area contributed by atoms with E-state index in [9.17, 15) is 14.4 Å². The van der Waals surface area contributed by atoms with Crippen LogP contribution in [0.3, 0.4) is 0 Å². The molecule has 0 radical (unpaired) electrons. The predicted octanol–water partition coefficient (Wildman–Crippen LogP) is 2.93. The Bertz CT molecular complexity index is 314. The standard InChI is InChI=1S/C8H16O2.C6H12O2.C3H6O3/c1-3-5-7-10-8(9)6-4-2;1-3-4-5-8-6(2)7;1-2(4)3(5)6/h3-7H2,1-2H3;3-5H2,1-2H3;2,4H,1H3,(H,5,6). The molecule has 0 heterocycles. The van der Waals surface area contributed by atoms with Crippen molar-refractivity contribution in [3.8, 4) is 0 Å². The van der Waals surface area contributed by atoms with Gasteiger partial charge in [-0.05, 0) is 26.2 Å². The molecule has 24 heavy (non-hydrogen) atoms. The largest absolute Gasteiger partial charge is 0.479 e. The van der Waals surface area contributed by atoms with Crippen molar-refractivity contribution in [2.24, 2.45) is 0 Å². The molecule has 0 aliphatic heterocycles. The van der Waals surface area contributed by atoms with E-state index in [1.54, 1.807) is 0 Å². The van der Waals surface area contributed by atoms with Crippen molar-refractivity contribution in [2.75, 3.05) is 13.2 Å². The molecule has 7 heteroatoms. The summed E-state index contributed by atoms with van der Waals surface area (Å²) in [4.78, 5) is 30.2. The fourth-order valence-corrected chi connectivity index (χ4v) is 0.967. The van der Waals surface area contributed by atoms with Gasteiger partial charge in [-0.1, -0.05) is 33.6 Å². The van der Waals surface area contributed by atoms with Crippen LogP contribution < -0.4 is 0 Å². The first-order chi connectivity index (χ1) is 11.2. The van der Waals surface area contributed by atoms with Crippen LogP contribution in [0.2, 0.25) is 0 Å². The van der Waals surface area contributed by atoms with E-state index < -0.39 is 12.1 Å². The molecule has 0 rings (SSSR count). The molecule has 0 aromatic carbocycles. The highest BCUT2D eigenvalue weighted by Gasteiger charge is 2.01. The third-order valence-corrected chi connectivity index (χ3v) is 2.38. The second-order valence-corrected chi connectivity index (χ2v) is 5.03. The number of carboxylic acids is 1. The van der Waals surface area contributed by atoms with Crippen LogP contribution in [0.15, 0.2) is 0 Å². The number of ether oxygens (including phenoxy) is 2. The minimum absolute atomic E-state index is 0.0593. The lowest BCUT2D eigenvalue weighted by Crippen LogP contribution is -2.13. The normalized spacial score (nSPS) is 10.2. The van der Waals surface area contributed by atoms with Gasteiger partial charge < -0.3 is 19.7 Å². The van der Waals surface area contributed by atoms with Crippen LogP contribution in [-0.4, -0.2) is 47.4 Å². The Hall–Kier alpha value is -1.63. The fourth-order valence-electron chi connectivity index (χ4n) is 0.967. The minimum Gasteiger partial charge on any atom is -0.479 e. The van der Waals surface area contributed by atoms with E-state index in [4.69, 9.17) is 14.9 Å². The molecular weight excluding hydrogens is 316 g/mol. The smallest absolute Gasteiger partial charge is 0.332 e. The van der Waals surface area contributed by atoms with Crippen molar-refractivity contribution >= 4 is 17.9 Å². The van der Waals surface area contributed by atoms with Crippen LogP contribution >= 0.6 is 0 Å². The third kappa shape index (κ3) is 32.4. The van der Waals surface area contributed by atoms with Crippen LogP contribution in [0.5, 0.6) is 0 Å². The highest BCUT2D eigenvalue weighted by atomic mass is 16.5. The van der Waals surface area contributed by atoms with Gasteiger partial charge in [-0.2, -0.15) is 0 Å². The summed E-state index contributed by atoms with van der Waals surface area (Å²) in [6.07, 6.45) is 4.32. The van der Waals surface area contributed by atoms with Gasteiger partial charge in [0.1, 0.15) is 6.10 Å². The molecule has 1 unspecified atom stereocenters. The molecule has 0 amide bonds. The quantitative estimate of drug-likeness (QED) is 0.486. The van der Waals surface area contributed by atoms with Crippen LogP contribution in [0.1, 0.15) is 73.1 Å². The molecule has 2 N–H and O–H groups in total. The van der Waals surface area contributed by atoms with Gasteiger partial charge in [-0.3, -0.25) is 9.59 Å². The second kappa shape index (κ2) is 21.4. The summed E-state index contributed by atoms with van der Waals surface area (Å²) in [6.45, 7) is 9.90. The van der Waals surface area contributed by atoms with Crippen LogP contribution in [-0.2, 0) is 23.9 Å². The van der Waals surface area contributed by atoms with Crippen molar-refractivity contribution in [3.63, 3.8) is 0 Å². The van der Waals surface area contributed by atoms with E-state index in [-0.39, 0.29) is 11.9 Å². The number of hydrogen-bond acceptors (Lipinski definition) is 6. The Morgan fingerprint density at radius 1 is 0.917 bits per heavy atom. The van der Waals surface area contributed by atoms with Crippen molar-refractivity contribution < 1.29 is 34.1 Å². The number of carbonyl (C=O) groups excluding carboxylic acids is 2. The first kappa shape index (κ1) is 27.2. The Labute approximate surface area is 145 Å². The van der Waals surface area contributed by atoms with Crippen molar-refractivity contribution in [2.45, 2.75) is 79.2 Å². The number of carbonyl (C=O) groups is 3. The summed E-state index contributed by atoms with van der Waals surface area (Å²) in [5.74, 6) is -1.43. The zero-order chi connectivity index (χ0) is 19.4. The van der Waals surface area contributed by atoms with E-state index >= 15 is 0 Å². The zero-order valence-corrected chi connectivity index (χ0v) is 15.7. The molecule has 0 spiro atoms. The summed E-state index contributed by atoms with van der Waals surface area (Å²) in [6, 6.07) is 0. The lowest BCUT2D eigenvalue weighted by atomic mass is 10.3. The third-order valence-electron chi connectivity index (χ3n) is 2.38. The number of esters is 2. The average molecular weight is 350 g/mol. The maximum atomic E-state index is 10.7. The maximum absolute atomic E-state index is 10.7. The number of carboxylic acid groups (broad SMARTS) is 1. The molecule has 0 aliphatic rings. The van der Waals surface area contributed by atoms with E-state index in [1.807, 2.05) is 6.92 Å². The lowest BCUT2D eigenvalue weighted by molar-refractivity contribution is -0.145. The first-order valence-electron chi connectivity index (χ1n) is 8.42.